The van der Waals surface area contributed by atoms with Crippen molar-refractivity contribution in [2.24, 2.45) is 0 Å². The molecule has 2 aromatic carbocycles. The summed E-state index contributed by atoms with van der Waals surface area (Å²) in [5.74, 6) is -0.618. The number of aromatic amines is 1. The van der Waals surface area contributed by atoms with Crippen molar-refractivity contribution in [3.8, 4) is 0 Å². The van der Waals surface area contributed by atoms with E-state index in [1.54, 1.807) is 35.2 Å². The Morgan fingerprint density at radius 1 is 0.971 bits per heavy atom. The molecule has 0 atom stereocenters. The predicted octanol–water partition coefficient (Wildman–Crippen LogP) is 3.33. The van der Waals surface area contributed by atoms with Gasteiger partial charge in [0, 0.05) is 60.3 Å². The zero-order chi connectivity index (χ0) is 23.9. The van der Waals surface area contributed by atoms with E-state index in [-0.39, 0.29) is 10.8 Å². The molecule has 5 rings (SSSR count). The van der Waals surface area contributed by atoms with Crippen molar-refractivity contribution in [3.05, 3.63) is 64.8 Å². The third kappa shape index (κ3) is 3.99. The van der Waals surface area contributed by atoms with Gasteiger partial charge in [0.15, 0.2) is 0 Å². The van der Waals surface area contributed by atoms with E-state index in [4.69, 9.17) is 4.74 Å². The molecule has 0 bridgehead atoms. The van der Waals surface area contributed by atoms with Gasteiger partial charge < -0.3 is 14.6 Å². The average Bonchev–Trinajstić information content (AvgIpc) is 3.25. The van der Waals surface area contributed by atoms with Crippen LogP contribution in [0.5, 0.6) is 0 Å². The molecule has 1 saturated heterocycles. The largest absolute Gasteiger partial charge is 0.465 e. The highest BCUT2D eigenvalue weighted by Gasteiger charge is 2.29. The van der Waals surface area contributed by atoms with Gasteiger partial charge in [0.1, 0.15) is 0 Å². The van der Waals surface area contributed by atoms with E-state index >= 15 is 0 Å². The molecule has 0 saturated carbocycles. The molecule has 9 heteroatoms. The predicted molar refractivity (Wildman–Crippen MR) is 127 cm³/mol. The summed E-state index contributed by atoms with van der Waals surface area (Å²) in [6.45, 7) is 1.93. The summed E-state index contributed by atoms with van der Waals surface area (Å²) in [7, 11) is -2.27. The Morgan fingerprint density at radius 3 is 2.53 bits per heavy atom. The number of hydrogen-bond acceptors (Lipinski definition) is 5. The van der Waals surface area contributed by atoms with Gasteiger partial charge >= 0.3 is 5.97 Å². The van der Waals surface area contributed by atoms with E-state index in [0.29, 0.717) is 43.7 Å². The lowest BCUT2D eigenvalue weighted by molar-refractivity contribution is 0.0600. The van der Waals surface area contributed by atoms with Crippen LogP contribution in [0.25, 0.3) is 10.9 Å². The fourth-order valence-electron chi connectivity index (χ4n) is 4.86. The van der Waals surface area contributed by atoms with Crippen molar-refractivity contribution in [3.63, 3.8) is 0 Å². The maximum atomic E-state index is 13.4. The number of fused-ring (bicyclic) bond motifs is 3. The number of nitrogens with one attached hydrogen (secondary N) is 1. The lowest BCUT2D eigenvalue weighted by Crippen LogP contribution is -2.37. The first kappa shape index (κ1) is 22.6. The number of piperidine rings is 1. The first-order valence-corrected chi connectivity index (χ1v) is 12.9. The van der Waals surface area contributed by atoms with Crippen LogP contribution in [0.3, 0.4) is 0 Å². The summed E-state index contributed by atoms with van der Waals surface area (Å²) >= 11 is 0. The zero-order valence-electron chi connectivity index (χ0n) is 19.0. The fourth-order valence-corrected chi connectivity index (χ4v) is 6.42. The average molecular weight is 482 g/mol. The number of hydrogen-bond donors (Lipinski definition) is 1. The number of aromatic nitrogens is 1. The van der Waals surface area contributed by atoms with Crippen LogP contribution in [-0.2, 0) is 27.7 Å². The van der Waals surface area contributed by atoms with E-state index in [1.807, 2.05) is 6.07 Å². The highest BCUT2D eigenvalue weighted by molar-refractivity contribution is 7.89. The molecular weight excluding hydrogens is 454 g/mol. The Balaban J connectivity index is 1.42. The van der Waals surface area contributed by atoms with Gasteiger partial charge in [-0.05, 0) is 49.2 Å². The van der Waals surface area contributed by atoms with E-state index in [9.17, 15) is 18.0 Å². The van der Waals surface area contributed by atoms with Crippen molar-refractivity contribution >= 4 is 32.8 Å². The van der Waals surface area contributed by atoms with Gasteiger partial charge in [-0.1, -0.05) is 12.5 Å². The minimum atomic E-state index is -3.62. The summed E-state index contributed by atoms with van der Waals surface area (Å²) in [5, 5.41) is 0.886. The van der Waals surface area contributed by atoms with Crippen molar-refractivity contribution in [2.45, 2.75) is 37.1 Å². The molecule has 34 heavy (non-hydrogen) atoms. The maximum absolute atomic E-state index is 13.4. The third-order valence-electron chi connectivity index (χ3n) is 6.72. The molecule has 8 nitrogen and oxygen atoms in total. The Kier molecular flexibility index (Phi) is 5.91. The smallest absolute Gasteiger partial charge is 0.337 e. The lowest BCUT2D eigenvalue weighted by Gasteiger charge is -2.28. The van der Waals surface area contributed by atoms with Crippen LogP contribution in [0.4, 0.5) is 0 Å². The number of esters is 1. The molecule has 0 aliphatic carbocycles. The Bertz CT molecular complexity index is 1370. The van der Waals surface area contributed by atoms with Gasteiger partial charge in [-0.15, -0.1) is 0 Å². The highest BCUT2D eigenvalue weighted by atomic mass is 32.2. The van der Waals surface area contributed by atoms with Crippen LogP contribution >= 0.6 is 0 Å². The van der Waals surface area contributed by atoms with Crippen molar-refractivity contribution < 1.29 is 22.7 Å². The van der Waals surface area contributed by atoms with Crippen molar-refractivity contribution in [1.82, 2.24) is 14.2 Å². The molecule has 1 fully saturated rings. The quantitative estimate of drug-likeness (QED) is 0.576. The number of carbonyl (C=O) groups excluding carboxylic acids is 2. The van der Waals surface area contributed by atoms with Gasteiger partial charge in [-0.2, -0.15) is 4.31 Å². The molecular formula is C25H27N3O5S. The Morgan fingerprint density at radius 2 is 1.76 bits per heavy atom. The number of H-pyrrole nitrogens is 1. The van der Waals surface area contributed by atoms with Crippen LogP contribution < -0.4 is 0 Å². The number of rotatable bonds is 4. The van der Waals surface area contributed by atoms with Crippen LogP contribution in [0.2, 0.25) is 0 Å². The highest BCUT2D eigenvalue weighted by Crippen LogP contribution is 2.30. The number of nitrogens with zero attached hydrogens (tertiary/aromatic N) is 2. The topological polar surface area (TPSA) is 99.8 Å². The molecule has 3 heterocycles. The summed E-state index contributed by atoms with van der Waals surface area (Å²) < 4.78 is 32.5. The van der Waals surface area contributed by atoms with E-state index < -0.39 is 16.0 Å². The van der Waals surface area contributed by atoms with E-state index in [2.05, 4.69) is 4.98 Å². The first-order valence-electron chi connectivity index (χ1n) is 11.5. The Labute approximate surface area is 198 Å². The van der Waals surface area contributed by atoms with Crippen LogP contribution in [0.15, 0.2) is 47.4 Å². The van der Waals surface area contributed by atoms with E-state index in [0.717, 1.165) is 41.4 Å². The maximum Gasteiger partial charge on any atom is 0.337 e. The normalized spacial score (nSPS) is 16.9. The minimum Gasteiger partial charge on any atom is -0.465 e. The first-order chi connectivity index (χ1) is 16.4. The standard InChI is InChI=1S/C25H27N3O5S/c1-33-25(30)18-8-9-22-20(15-18)21-16-27(13-10-23(21)26-22)24(29)17-6-5-7-19(14-17)34(31,32)28-11-3-2-4-12-28/h5-9,14-15,26H,2-4,10-13,16H2,1H3. The van der Waals surface area contributed by atoms with Crippen molar-refractivity contribution in [1.29, 1.82) is 0 Å². The second-order valence-electron chi connectivity index (χ2n) is 8.80. The lowest BCUT2D eigenvalue weighted by atomic mass is 10.0. The summed E-state index contributed by atoms with van der Waals surface area (Å²) in [6, 6.07) is 11.7. The monoisotopic (exact) mass is 481 g/mol. The second-order valence-corrected chi connectivity index (χ2v) is 10.7. The summed E-state index contributed by atoms with van der Waals surface area (Å²) in [4.78, 5) is 30.6. The molecule has 0 unspecified atom stereocenters. The molecule has 0 spiro atoms. The van der Waals surface area contributed by atoms with Gasteiger partial charge in [0.05, 0.1) is 17.6 Å². The van der Waals surface area contributed by atoms with Crippen LogP contribution in [0, 0.1) is 0 Å². The molecule has 3 aromatic rings. The number of methoxy groups -OCH3 is 1. The van der Waals surface area contributed by atoms with Crippen molar-refractivity contribution in [2.75, 3.05) is 26.7 Å². The number of ether oxygens (including phenoxy) is 1. The Hall–Kier alpha value is -3.17. The number of carbonyl (C=O) groups is 2. The minimum absolute atomic E-state index is 0.160. The number of benzene rings is 2. The van der Waals surface area contributed by atoms with Crippen LogP contribution in [0.1, 0.15) is 51.2 Å². The van der Waals surface area contributed by atoms with Gasteiger partial charge in [-0.25, -0.2) is 13.2 Å². The molecule has 178 valence electrons. The molecule has 1 N–H and O–H groups in total. The van der Waals surface area contributed by atoms with Crippen LogP contribution in [-0.4, -0.2) is 61.2 Å². The molecule has 2 aliphatic heterocycles. The summed E-state index contributed by atoms with van der Waals surface area (Å²) in [6.07, 6.45) is 3.40. The number of amides is 1. The van der Waals surface area contributed by atoms with Gasteiger partial charge in [0.25, 0.3) is 5.91 Å². The SMILES string of the molecule is COC(=O)c1ccc2[nH]c3c(c2c1)CN(C(=O)c1cccc(S(=O)(=O)N2CCCCC2)c1)CC3. The molecule has 2 aliphatic rings. The second kappa shape index (κ2) is 8.88. The van der Waals surface area contributed by atoms with E-state index in [1.165, 1.54) is 17.5 Å². The number of sulfonamides is 1. The van der Waals surface area contributed by atoms with Gasteiger partial charge in [0.2, 0.25) is 10.0 Å². The van der Waals surface area contributed by atoms with Gasteiger partial charge in [-0.3, -0.25) is 4.79 Å². The summed E-state index contributed by atoms with van der Waals surface area (Å²) in [5.41, 5.74) is 3.73. The zero-order valence-corrected chi connectivity index (χ0v) is 19.9. The molecule has 1 aromatic heterocycles. The molecule has 0 radical (unpaired) electrons. The fraction of sp³-hybridized carbons (Fsp3) is 0.360. The third-order valence-corrected chi connectivity index (χ3v) is 8.61. The molecule has 1 amide bonds.